The number of nitrogens with one attached hydrogen (secondary N) is 1. The average molecular weight is 329 g/mol. The molecule has 0 amide bonds. The van der Waals surface area contributed by atoms with Gasteiger partial charge in [-0.05, 0) is 24.5 Å². The molecular formula is C14H21BrN2O2. The molecule has 0 saturated carbocycles. The number of halogens is 1. The van der Waals surface area contributed by atoms with Crippen molar-refractivity contribution in [2.24, 2.45) is 5.92 Å². The molecule has 0 radical (unpaired) electrons. The fourth-order valence-electron chi connectivity index (χ4n) is 2.28. The van der Waals surface area contributed by atoms with Gasteiger partial charge in [-0.2, -0.15) is 0 Å². The van der Waals surface area contributed by atoms with Gasteiger partial charge >= 0.3 is 0 Å². The molecule has 0 aliphatic rings. The Morgan fingerprint density at radius 2 is 1.95 bits per heavy atom. The molecule has 0 aliphatic heterocycles. The average Bonchev–Trinajstić information content (AvgIpc) is 2.37. The van der Waals surface area contributed by atoms with Gasteiger partial charge in [0, 0.05) is 29.2 Å². The first-order valence-electron chi connectivity index (χ1n) is 6.65. The first-order chi connectivity index (χ1) is 8.97. The molecule has 106 valence electrons. The Hall–Kier alpha value is -0.940. The first-order valence-corrected chi connectivity index (χ1v) is 7.44. The van der Waals surface area contributed by atoms with Crippen LogP contribution in [0.25, 0.3) is 0 Å². The van der Waals surface area contributed by atoms with Gasteiger partial charge in [-0.15, -0.1) is 0 Å². The van der Waals surface area contributed by atoms with Crippen molar-refractivity contribution in [1.29, 1.82) is 0 Å². The zero-order chi connectivity index (χ0) is 14.4. The maximum atomic E-state index is 10.8. The molecule has 0 bridgehead atoms. The zero-order valence-electron chi connectivity index (χ0n) is 11.6. The summed E-state index contributed by atoms with van der Waals surface area (Å²) in [6, 6.07) is 5.47. The third-order valence-electron chi connectivity index (χ3n) is 3.54. The van der Waals surface area contributed by atoms with E-state index in [1.54, 1.807) is 6.07 Å². The van der Waals surface area contributed by atoms with Gasteiger partial charge in [-0.1, -0.05) is 42.6 Å². The van der Waals surface area contributed by atoms with E-state index in [1.165, 1.54) is 6.07 Å². The highest BCUT2D eigenvalue weighted by molar-refractivity contribution is 9.10. The third-order valence-corrected chi connectivity index (χ3v) is 4.00. The number of nitrogens with zero attached hydrogens (tertiary/aromatic N) is 1. The molecule has 0 fully saturated rings. The Labute approximate surface area is 122 Å². The monoisotopic (exact) mass is 328 g/mol. The van der Waals surface area contributed by atoms with Crippen LogP contribution >= 0.6 is 15.9 Å². The minimum atomic E-state index is -0.363. The number of hydrogen-bond donors (Lipinski definition) is 1. The van der Waals surface area contributed by atoms with E-state index >= 15 is 0 Å². The van der Waals surface area contributed by atoms with Crippen LogP contribution in [0.1, 0.15) is 39.2 Å². The summed E-state index contributed by atoms with van der Waals surface area (Å²) in [5, 5.41) is 14.3. The van der Waals surface area contributed by atoms with Gasteiger partial charge in [-0.3, -0.25) is 10.1 Å². The summed E-state index contributed by atoms with van der Waals surface area (Å²) >= 11 is 3.31. The smallest absolute Gasteiger partial charge is 0.270 e. The van der Waals surface area contributed by atoms with E-state index in [2.05, 4.69) is 42.0 Å². The predicted octanol–water partition coefficient (Wildman–Crippen LogP) is 4.27. The number of nitro benzene ring substituents is 1. The minimum Gasteiger partial charge on any atom is -0.310 e. The van der Waals surface area contributed by atoms with Gasteiger partial charge in [0.2, 0.25) is 0 Å². The first kappa shape index (κ1) is 16.1. The van der Waals surface area contributed by atoms with Crippen molar-refractivity contribution in [2.75, 3.05) is 0 Å². The Bertz CT molecular complexity index is 433. The van der Waals surface area contributed by atoms with Crippen LogP contribution in [0.5, 0.6) is 0 Å². The fourth-order valence-corrected chi connectivity index (χ4v) is 2.81. The maximum Gasteiger partial charge on any atom is 0.270 e. The van der Waals surface area contributed by atoms with Gasteiger partial charge in [0.25, 0.3) is 5.69 Å². The maximum absolute atomic E-state index is 10.8. The predicted molar refractivity (Wildman–Crippen MR) is 81.2 cm³/mol. The molecule has 1 atom stereocenters. The Kier molecular flexibility index (Phi) is 6.45. The molecule has 0 aromatic heterocycles. The largest absolute Gasteiger partial charge is 0.310 e. The minimum absolute atomic E-state index is 0.126. The van der Waals surface area contributed by atoms with E-state index in [4.69, 9.17) is 0 Å². The van der Waals surface area contributed by atoms with E-state index in [1.807, 2.05) is 6.07 Å². The Morgan fingerprint density at radius 3 is 2.47 bits per heavy atom. The van der Waals surface area contributed by atoms with Crippen molar-refractivity contribution >= 4 is 21.6 Å². The second-order valence-corrected chi connectivity index (χ2v) is 5.74. The van der Waals surface area contributed by atoms with Crippen LogP contribution in [-0.4, -0.2) is 11.0 Å². The fraction of sp³-hybridized carbons (Fsp3) is 0.571. The van der Waals surface area contributed by atoms with Gasteiger partial charge < -0.3 is 5.32 Å². The lowest BCUT2D eigenvalue weighted by Gasteiger charge is -2.22. The summed E-state index contributed by atoms with van der Waals surface area (Å²) in [5.74, 6) is 0.641. The molecule has 1 N–H and O–H groups in total. The van der Waals surface area contributed by atoms with Gasteiger partial charge in [0.05, 0.1) is 4.92 Å². The highest BCUT2D eigenvalue weighted by Gasteiger charge is 2.14. The number of benzene rings is 1. The SMILES string of the molecule is CCC(CC)C(C)NCc1cc(Br)cc([N+](=O)[O-])c1. The van der Waals surface area contributed by atoms with Crippen LogP contribution in [-0.2, 0) is 6.54 Å². The van der Waals surface area contributed by atoms with Crippen molar-refractivity contribution in [1.82, 2.24) is 5.32 Å². The molecule has 1 aromatic carbocycles. The summed E-state index contributed by atoms with van der Waals surface area (Å²) in [6.07, 6.45) is 2.28. The van der Waals surface area contributed by atoms with Crippen LogP contribution in [0.15, 0.2) is 22.7 Å². The molecule has 5 heteroatoms. The molecule has 4 nitrogen and oxygen atoms in total. The molecule has 1 unspecified atom stereocenters. The standard InChI is InChI=1S/C14H21BrN2O2/c1-4-12(5-2)10(3)16-9-11-6-13(15)8-14(7-11)17(18)19/h6-8,10,12,16H,4-5,9H2,1-3H3. The molecule has 1 rings (SSSR count). The number of hydrogen-bond acceptors (Lipinski definition) is 3. The van der Waals surface area contributed by atoms with Crippen LogP contribution in [0, 0.1) is 16.0 Å². The molecule has 0 saturated heterocycles. The van der Waals surface area contributed by atoms with Crippen LogP contribution < -0.4 is 5.32 Å². The lowest BCUT2D eigenvalue weighted by Crippen LogP contribution is -2.32. The van der Waals surface area contributed by atoms with E-state index < -0.39 is 0 Å². The lowest BCUT2D eigenvalue weighted by molar-refractivity contribution is -0.385. The molecule has 1 aromatic rings. The number of rotatable bonds is 7. The van der Waals surface area contributed by atoms with Crippen LogP contribution in [0.3, 0.4) is 0 Å². The Morgan fingerprint density at radius 1 is 1.32 bits per heavy atom. The summed E-state index contributed by atoms with van der Waals surface area (Å²) in [4.78, 5) is 10.4. The molecule has 0 heterocycles. The van der Waals surface area contributed by atoms with E-state index in [0.717, 1.165) is 22.9 Å². The molecule has 0 aliphatic carbocycles. The van der Waals surface area contributed by atoms with E-state index in [-0.39, 0.29) is 10.6 Å². The van der Waals surface area contributed by atoms with Crippen molar-refractivity contribution < 1.29 is 4.92 Å². The topological polar surface area (TPSA) is 55.2 Å². The van der Waals surface area contributed by atoms with Crippen molar-refractivity contribution in [3.63, 3.8) is 0 Å². The van der Waals surface area contributed by atoms with Crippen LogP contribution in [0.2, 0.25) is 0 Å². The normalized spacial score (nSPS) is 12.7. The molecule has 19 heavy (non-hydrogen) atoms. The van der Waals surface area contributed by atoms with Crippen LogP contribution in [0.4, 0.5) is 5.69 Å². The van der Waals surface area contributed by atoms with Gasteiger partial charge in [0.15, 0.2) is 0 Å². The summed E-state index contributed by atoms with van der Waals surface area (Å²) in [5.41, 5.74) is 1.06. The van der Waals surface area contributed by atoms with Gasteiger partial charge in [-0.25, -0.2) is 0 Å². The third kappa shape index (κ3) is 4.91. The van der Waals surface area contributed by atoms with E-state index in [0.29, 0.717) is 18.5 Å². The van der Waals surface area contributed by atoms with Crippen molar-refractivity contribution in [3.05, 3.63) is 38.3 Å². The Balaban J connectivity index is 2.70. The second-order valence-electron chi connectivity index (χ2n) is 4.82. The summed E-state index contributed by atoms with van der Waals surface area (Å²) in [7, 11) is 0. The highest BCUT2D eigenvalue weighted by atomic mass is 79.9. The zero-order valence-corrected chi connectivity index (χ0v) is 13.2. The quantitative estimate of drug-likeness (QED) is 0.600. The lowest BCUT2D eigenvalue weighted by atomic mass is 9.95. The molecule has 0 spiro atoms. The number of nitro groups is 1. The van der Waals surface area contributed by atoms with Crippen molar-refractivity contribution in [2.45, 2.75) is 46.2 Å². The highest BCUT2D eigenvalue weighted by Crippen LogP contribution is 2.22. The van der Waals surface area contributed by atoms with E-state index in [9.17, 15) is 10.1 Å². The summed E-state index contributed by atoms with van der Waals surface area (Å²) in [6.45, 7) is 7.20. The molecular weight excluding hydrogens is 308 g/mol. The summed E-state index contributed by atoms with van der Waals surface area (Å²) < 4.78 is 0.744. The van der Waals surface area contributed by atoms with Gasteiger partial charge in [0.1, 0.15) is 0 Å². The number of non-ortho nitro benzene ring substituents is 1. The second kappa shape index (κ2) is 7.60. The van der Waals surface area contributed by atoms with Crippen molar-refractivity contribution in [3.8, 4) is 0 Å².